The van der Waals surface area contributed by atoms with Crippen molar-refractivity contribution in [2.75, 3.05) is 24.4 Å². The highest BCUT2D eigenvalue weighted by atomic mass is 32.2. The number of halogens is 3. The van der Waals surface area contributed by atoms with E-state index in [0.29, 0.717) is 5.69 Å². The number of carbonyl (C=O) groups is 2. The molecule has 15 heteroatoms. The summed E-state index contributed by atoms with van der Waals surface area (Å²) < 4.78 is 67.1. The molecule has 0 aromatic carbocycles. The standard InChI is InChI=1S/C15H27N5O4S.C2HF3O2/c1-15(2,3)24-14(21)17-25(22,23)20(13-9-16-19(5)10-13)11-12-7-6-8-18(12)4;3-2(4,5)1(6)7/h9-10,12H,6-8,11H2,1-5H3,(H,17,21);(H,6,7)/t12-;/m1./s1. The van der Waals surface area contributed by atoms with E-state index in [0.717, 1.165) is 19.4 Å². The molecule has 1 saturated heterocycles. The van der Waals surface area contributed by atoms with Crippen LogP contribution in [0.1, 0.15) is 33.6 Å². The molecule has 0 bridgehead atoms. The largest absolute Gasteiger partial charge is 0.490 e. The number of nitrogens with zero attached hydrogens (tertiary/aromatic N) is 4. The summed E-state index contributed by atoms with van der Waals surface area (Å²) in [7, 11) is -0.445. The van der Waals surface area contributed by atoms with E-state index in [1.165, 1.54) is 15.2 Å². The zero-order chi connectivity index (χ0) is 24.9. The fraction of sp³-hybridized carbons (Fsp3) is 0.706. The fourth-order valence-corrected chi connectivity index (χ4v) is 3.84. The van der Waals surface area contributed by atoms with Crippen LogP contribution in [0.3, 0.4) is 0 Å². The number of aliphatic carboxylic acids is 1. The average molecular weight is 488 g/mol. The number of rotatable bonds is 5. The number of hydrogen-bond acceptors (Lipinski definition) is 7. The lowest BCUT2D eigenvalue weighted by Crippen LogP contribution is -2.49. The minimum absolute atomic E-state index is 0.0791. The molecule has 0 spiro atoms. The molecular weight excluding hydrogens is 459 g/mol. The van der Waals surface area contributed by atoms with Crippen LogP contribution in [0, 0.1) is 0 Å². The lowest BCUT2D eigenvalue weighted by molar-refractivity contribution is -0.192. The number of carbonyl (C=O) groups excluding carboxylic acids is 1. The van der Waals surface area contributed by atoms with Crippen molar-refractivity contribution >= 4 is 28.0 Å². The molecule has 2 heterocycles. The van der Waals surface area contributed by atoms with Gasteiger partial charge < -0.3 is 14.7 Å². The molecule has 0 aliphatic carbocycles. The van der Waals surface area contributed by atoms with Crippen LogP contribution in [0.25, 0.3) is 0 Å². The van der Waals surface area contributed by atoms with E-state index in [2.05, 4.69) is 10.00 Å². The molecular formula is C17H28F3N5O6S. The molecule has 1 aromatic rings. The van der Waals surface area contributed by atoms with Crippen molar-refractivity contribution in [1.82, 2.24) is 19.4 Å². The highest BCUT2D eigenvalue weighted by molar-refractivity contribution is 7.91. The van der Waals surface area contributed by atoms with E-state index in [1.54, 1.807) is 34.0 Å². The highest BCUT2D eigenvalue weighted by Crippen LogP contribution is 2.22. The van der Waals surface area contributed by atoms with Gasteiger partial charge in [-0.2, -0.15) is 26.7 Å². The van der Waals surface area contributed by atoms with Crippen LogP contribution in [0.5, 0.6) is 0 Å². The average Bonchev–Trinajstić information content (AvgIpc) is 3.18. The van der Waals surface area contributed by atoms with Crippen molar-refractivity contribution < 1.29 is 41.0 Å². The summed E-state index contributed by atoms with van der Waals surface area (Å²) >= 11 is 0. The number of amides is 1. The summed E-state index contributed by atoms with van der Waals surface area (Å²) in [4.78, 5) is 23.0. The van der Waals surface area contributed by atoms with Gasteiger partial charge in [0, 0.05) is 19.3 Å². The van der Waals surface area contributed by atoms with Gasteiger partial charge in [-0.15, -0.1) is 0 Å². The first-order valence-electron chi connectivity index (χ1n) is 9.45. The third-order valence-electron chi connectivity index (χ3n) is 4.17. The van der Waals surface area contributed by atoms with Crippen LogP contribution in [0.4, 0.5) is 23.7 Å². The van der Waals surface area contributed by atoms with Crippen molar-refractivity contribution in [3.8, 4) is 0 Å². The first-order valence-corrected chi connectivity index (χ1v) is 10.9. The van der Waals surface area contributed by atoms with Gasteiger partial charge in [-0.05, 0) is 47.2 Å². The molecule has 184 valence electrons. The highest BCUT2D eigenvalue weighted by Gasteiger charge is 2.38. The third kappa shape index (κ3) is 8.90. The number of likely N-dealkylation sites (N-methyl/N-ethyl adjacent to an activating group) is 1. The Morgan fingerprint density at radius 3 is 2.25 bits per heavy atom. The normalized spacial score (nSPS) is 17.3. The third-order valence-corrected chi connectivity index (χ3v) is 5.54. The molecule has 1 amide bonds. The van der Waals surface area contributed by atoms with Crippen LogP contribution in [-0.4, -0.2) is 78.2 Å². The first kappa shape index (κ1) is 27.5. The van der Waals surface area contributed by atoms with Crippen LogP contribution in [-0.2, 0) is 26.8 Å². The zero-order valence-electron chi connectivity index (χ0n) is 18.4. The number of carboxylic acid groups (broad SMARTS) is 1. The molecule has 1 aliphatic rings. The maximum Gasteiger partial charge on any atom is 0.490 e. The van der Waals surface area contributed by atoms with E-state index < -0.39 is 34.0 Å². The van der Waals surface area contributed by atoms with Gasteiger partial charge >= 0.3 is 28.4 Å². The molecule has 1 fully saturated rings. The molecule has 32 heavy (non-hydrogen) atoms. The van der Waals surface area contributed by atoms with Gasteiger partial charge in [0.05, 0.1) is 18.4 Å². The summed E-state index contributed by atoms with van der Waals surface area (Å²) in [6.45, 7) is 6.17. The molecule has 0 radical (unpaired) electrons. The van der Waals surface area contributed by atoms with Gasteiger partial charge in [0.1, 0.15) is 5.60 Å². The zero-order valence-corrected chi connectivity index (χ0v) is 19.2. The Labute approximate surface area is 184 Å². The van der Waals surface area contributed by atoms with E-state index in [1.807, 2.05) is 11.8 Å². The quantitative estimate of drug-likeness (QED) is 0.641. The topological polar surface area (TPSA) is 134 Å². The second-order valence-electron chi connectivity index (χ2n) is 8.09. The minimum Gasteiger partial charge on any atom is -0.475 e. The van der Waals surface area contributed by atoms with Crippen molar-refractivity contribution in [3.63, 3.8) is 0 Å². The summed E-state index contributed by atoms with van der Waals surface area (Å²) in [5.74, 6) is -2.76. The smallest absolute Gasteiger partial charge is 0.475 e. The summed E-state index contributed by atoms with van der Waals surface area (Å²) in [6, 6.07) is 0.0791. The van der Waals surface area contributed by atoms with E-state index >= 15 is 0 Å². The molecule has 0 unspecified atom stereocenters. The minimum atomic E-state index is -5.08. The Morgan fingerprint density at radius 1 is 1.31 bits per heavy atom. The first-order chi connectivity index (χ1) is 14.4. The number of nitrogens with one attached hydrogen (secondary N) is 1. The molecule has 1 aromatic heterocycles. The lowest BCUT2D eigenvalue weighted by atomic mass is 10.2. The summed E-state index contributed by atoms with van der Waals surface area (Å²) in [5.41, 5.74) is -0.386. The van der Waals surface area contributed by atoms with E-state index in [9.17, 15) is 26.4 Å². The predicted molar refractivity (Wildman–Crippen MR) is 108 cm³/mol. The van der Waals surface area contributed by atoms with Crippen molar-refractivity contribution in [2.24, 2.45) is 7.05 Å². The van der Waals surface area contributed by atoms with Gasteiger partial charge in [-0.1, -0.05) is 0 Å². The number of ether oxygens (including phenoxy) is 1. The van der Waals surface area contributed by atoms with Gasteiger partial charge in [-0.3, -0.25) is 4.68 Å². The molecule has 2 rings (SSSR count). The summed E-state index contributed by atoms with van der Waals surface area (Å²) in [6.07, 6.45) is -1.11. The van der Waals surface area contributed by atoms with Crippen molar-refractivity contribution in [3.05, 3.63) is 12.4 Å². The number of aryl methyl sites for hydroxylation is 1. The Kier molecular flexibility index (Phi) is 8.91. The second-order valence-corrected chi connectivity index (χ2v) is 9.69. The lowest BCUT2D eigenvalue weighted by Gasteiger charge is -2.29. The Balaban J connectivity index is 0.000000633. The monoisotopic (exact) mass is 487 g/mol. The maximum atomic E-state index is 12.8. The summed E-state index contributed by atoms with van der Waals surface area (Å²) in [5, 5.41) is 11.2. The van der Waals surface area contributed by atoms with Gasteiger partial charge in [0.2, 0.25) is 0 Å². The Morgan fingerprint density at radius 2 is 1.88 bits per heavy atom. The predicted octanol–water partition coefficient (Wildman–Crippen LogP) is 1.72. The van der Waals surface area contributed by atoms with Gasteiger partial charge in [-0.25, -0.2) is 18.6 Å². The molecule has 11 nitrogen and oxygen atoms in total. The second kappa shape index (κ2) is 10.4. The van der Waals surface area contributed by atoms with Crippen LogP contribution in [0.15, 0.2) is 12.4 Å². The fourth-order valence-electron chi connectivity index (χ4n) is 2.74. The number of anilines is 1. The molecule has 1 aliphatic heterocycles. The van der Waals surface area contributed by atoms with E-state index in [4.69, 9.17) is 14.6 Å². The number of alkyl halides is 3. The van der Waals surface area contributed by atoms with Gasteiger partial charge in [0.15, 0.2) is 0 Å². The van der Waals surface area contributed by atoms with Gasteiger partial charge in [0.25, 0.3) is 0 Å². The molecule has 2 N–H and O–H groups in total. The SMILES string of the molecule is CN1CCC[C@@H]1CN(c1cnn(C)c1)S(=O)(=O)NC(=O)OC(C)(C)C.O=C(O)C(F)(F)F. The van der Waals surface area contributed by atoms with Crippen molar-refractivity contribution in [1.29, 1.82) is 0 Å². The van der Waals surface area contributed by atoms with Crippen LogP contribution < -0.4 is 9.03 Å². The van der Waals surface area contributed by atoms with Crippen molar-refractivity contribution in [2.45, 2.75) is 51.4 Å². The number of carboxylic acids is 1. The molecule has 1 atom stereocenters. The number of aromatic nitrogens is 2. The van der Waals surface area contributed by atoms with Crippen LogP contribution >= 0.6 is 0 Å². The van der Waals surface area contributed by atoms with Crippen LogP contribution in [0.2, 0.25) is 0 Å². The van der Waals surface area contributed by atoms with E-state index in [-0.39, 0.29) is 12.6 Å². The Hall–Kier alpha value is -2.55. The number of likely N-dealkylation sites (tertiary alicyclic amines) is 1. The maximum absolute atomic E-state index is 12.8. The Bertz CT molecular complexity index is 897. The number of hydrogen-bond donors (Lipinski definition) is 2. The molecule has 0 saturated carbocycles.